The number of rotatable bonds is 9. The third kappa shape index (κ3) is 5.51. The fourth-order valence-electron chi connectivity index (χ4n) is 3.52. The number of carbonyl (C=O) groups excluding carboxylic acids is 1. The minimum absolute atomic E-state index is 0.144. The van der Waals surface area contributed by atoms with Crippen LogP contribution in [0.1, 0.15) is 25.4 Å². The van der Waals surface area contributed by atoms with Crippen molar-refractivity contribution >= 4 is 27.9 Å². The molecule has 8 nitrogen and oxygen atoms in total. The molecular formula is C26H23FO8. The Kier molecular flexibility index (Phi) is 7.14. The number of esters is 1. The van der Waals surface area contributed by atoms with Crippen molar-refractivity contribution in [3.8, 4) is 11.5 Å². The second kappa shape index (κ2) is 10.4. The molecule has 0 spiro atoms. The normalized spacial score (nSPS) is 12.0. The minimum Gasteiger partial charge on any atom is -0.489 e. The number of halogens is 1. The topological polar surface area (TPSA) is 105 Å². The number of aryl methyl sites for hydroxylation is 1. The summed E-state index contributed by atoms with van der Waals surface area (Å²) in [6.45, 7) is 2.18. The SMILES string of the molecule is CCc1cc(=O)c2c(OCC(F)COc3cccc4oc(COC(C)=O)cc(=O)c34)cccc2o1. The Morgan fingerprint density at radius 2 is 1.40 bits per heavy atom. The lowest BCUT2D eigenvalue weighted by Crippen LogP contribution is -2.22. The molecule has 0 fully saturated rings. The Hall–Kier alpha value is -4.14. The van der Waals surface area contributed by atoms with Crippen LogP contribution in [0.4, 0.5) is 4.39 Å². The van der Waals surface area contributed by atoms with E-state index in [0.717, 1.165) is 0 Å². The smallest absolute Gasteiger partial charge is 0.303 e. The molecule has 0 bridgehead atoms. The molecular weight excluding hydrogens is 459 g/mol. The molecule has 35 heavy (non-hydrogen) atoms. The van der Waals surface area contributed by atoms with Gasteiger partial charge in [-0.2, -0.15) is 0 Å². The molecule has 0 saturated carbocycles. The van der Waals surface area contributed by atoms with Crippen molar-refractivity contribution in [2.75, 3.05) is 13.2 Å². The molecule has 0 aliphatic rings. The van der Waals surface area contributed by atoms with Crippen LogP contribution in [0, 0.1) is 0 Å². The van der Waals surface area contributed by atoms with Crippen LogP contribution in [0.2, 0.25) is 0 Å². The summed E-state index contributed by atoms with van der Waals surface area (Å²) >= 11 is 0. The van der Waals surface area contributed by atoms with Crippen LogP contribution in [0.3, 0.4) is 0 Å². The van der Waals surface area contributed by atoms with Gasteiger partial charge < -0.3 is 23.0 Å². The van der Waals surface area contributed by atoms with Gasteiger partial charge in [-0.1, -0.05) is 19.1 Å². The summed E-state index contributed by atoms with van der Waals surface area (Å²) in [4.78, 5) is 36.0. The summed E-state index contributed by atoms with van der Waals surface area (Å²) in [6, 6.07) is 12.2. The number of benzene rings is 2. The van der Waals surface area contributed by atoms with E-state index in [9.17, 15) is 18.8 Å². The van der Waals surface area contributed by atoms with E-state index in [2.05, 4.69) is 0 Å². The van der Waals surface area contributed by atoms with Gasteiger partial charge in [0.25, 0.3) is 0 Å². The molecule has 182 valence electrons. The molecule has 4 aromatic rings. The van der Waals surface area contributed by atoms with Crippen LogP contribution < -0.4 is 20.3 Å². The zero-order valence-electron chi connectivity index (χ0n) is 19.2. The predicted molar refractivity (Wildman–Crippen MR) is 126 cm³/mol. The Morgan fingerprint density at radius 1 is 0.886 bits per heavy atom. The summed E-state index contributed by atoms with van der Waals surface area (Å²) in [6.07, 6.45) is -0.988. The molecule has 2 aromatic carbocycles. The van der Waals surface area contributed by atoms with E-state index < -0.39 is 24.2 Å². The molecule has 0 radical (unpaired) electrons. The molecule has 0 aliphatic heterocycles. The minimum atomic E-state index is -1.56. The number of fused-ring (bicyclic) bond motifs is 2. The van der Waals surface area contributed by atoms with E-state index in [1.165, 1.54) is 25.1 Å². The van der Waals surface area contributed by atoms with Gasteiger partial charge in [-0.15, -0.1) is 0 Å². The highest BCUT2D eigenvalue weighted by molar-refractivity contribution is 5.84. The van der Waals surface area contributed by atoms with Gasteiger partial charge in [0.1, 0.15) is 64.8 Å². The molecule has 0 amide bonds. The fourth-order valence-corrected chi connectivity index (χ4v) is 3.52. The summed E-state index contributed by atoms with van der Waals surface area (Å²) in [5, 5.41) is 0.389. The van der Waals surface area contributed by atoms with E-state index >= 15 is 0 Å². The first kappa shape index (κ1) is 24.0. The number of carbonyl (C=O) groups is 1. The van der Waals surface area contributed by atoms with Crippen molar-refractivity contribution in [3.63, 3.8) is 0 Å². The Bertz CT molecular complexity index is 1490. The van der Waals surface area contributed by atoms with Crippen LogP contribution in [-0.2, 0) is 22.6 Å². The van der Waals surface area contributed by atoms with Crippen molar-refractivity contribution in [2.24, 2.45) is 0 Å². The third-order valence-corrected chi connectivity index (χ3v) is 5.14. The largest absolute Gasteiger partial charge is 0.489 e. The van der Waals surface area contributed by atoms with Crippen LogP contribution in [0.5, 0.6) is 11.5 Å². The van der Waals surface area contributed by atoms with Crippen molar-refractivity contribution < 1.29 is 32.2 Å². The van der Waals surface area contributed by atoms with Crippen molar-refractivity contribution in [3.05, 3.63) is 80.5 Å². The third-order valence-electron chi connectivity index (χ3n) is 5.14. The monoisotopic (exact) mass is 482 g/mol. The van der Waals surface area contributed by atoms with Crippen LogP contribution in [-0.4, -0.2) is 25.4 Å². The van der Waals surface area contributed by atoms with Crippen LogP contribution in [0.25, 0.3) is 21.9 Å². The Labute approximate surface area is 198 Å². The fraction of sp³-hybridized carbons (Fsp3) is 0.269. The molecule has 4 rings (SSSR count). The summed E-state index contributed by atoms with van der Waals surface area (Å²) in [5.41, 5.74) is -0.0858. The molecule has 2 aromatic heterocycles. The van der Waals surface area contributed by atoms with Gasteiger partial charge in [-0.05, 0) is 24.3 Å². The molecule has 2 heterocycles. The first-order valence-electron chi connectivity index (χ1n) is 11.0. The summed E-state index contributed by atoms with van der Waals surface area (Å²) in [5.74, 6) is 0.589. The van der Waals surface area contributed by atoms with Crippen LogP contribution in [0.15, 0.2) is 67.0 Å². The number of ether oxygens (including phenoxy) is 3. The zero-order chi connectivity index (χ0) is 24.9. The van der Waals surface area contributed by atoms with Gasteiger partial charge >= 0.3 is 5.97 Å². The maximum atomic E-state index is 14.6. The average molecular weight is 482 g/mol. The number of hydrogen-bond acceptors (Lipinski definition) is 8. The Balaban J connectivity index is 1.45. The highest BCUT2D eigenvalue weighted by atomic mass is 19.1. The molecule has 0 saturated heterocycles. The second-order valence-corrected chi connectivity index (χ2v) is 7.77. The molecule has 1 atom stereocenters. The van der Waals surface area contributed by atoms with Gasteiger partial charge in [0.15, 0.2) is 17.0 Å². The predicted octanol–water partition coefficient (Wildman–Crippen LogP) is 4.32. The van der Waals surface area contributed by atoms with Crippen LogP contribution >= 0.6 is 0 Å². The first-order chi connectivity index (χ1) is 16.9. The van der Waals surface area contributed by atoms with Crippen molar-refractivity contribution in [1.82, 2.24) is 0 Å². The van der Waals surface area contributed by atoms with Gasteiger partial charge in [0, 0.05) is 25.5 Å². The molecule has 0 N–H and O–H groups in total. The summed E-state index contributed by atoms with van der Waals surface area (Å²) < 4.78 is 41.9. The maximum Gasteiger partial charge on any atom is 0.303 e. The van der Waals surface area contributed by atoms with Crippen molar-refractivity contribution in [1.29, 1.82) is 0 Å². The van der Waals surface area contributed by atoms with E-state index in [4.69, 9.17) is 23.0 Å². The number of alkyl halides is 1. The lowest BCUT2D eigenvalue weighted by atomic mass is 10.2. The van der Waals surface area contributed by atoms with Gasteiger partial charge in [0.2, 0.25) is 0 Å². The number of hydrogen-bond donors (Lipinski definition) is 0. The first-order valence-corrected chi connectivity index (χ1v) is 11.0. The summed E-state index contributed by atoms with van der Waals surface area (Å²) in [7, 11) is 0. The molecule has 9 heteroatoms. The standard InChI is InChI=1S/C26H23FO8/c1-3-17-10-19(29)25-21(6-4-8-23(25)34-17)32-12-16(27)13-33-22-7-5-9-24-26(22)20(30)11-18(35-24)14-31-15(2)28/h4-11,16H,3,12-14H2,1-2H3. The van der Waals surface area contributed by atoms with Gasteiger partial charge in [0.05, 0.1) is 0 Å². The Morgan fingerprint density at radius 3 is 1.91 bits per heavy atom. The highest BCUT2D eigenvalue weighted by Crippen LogP contribution is 2.25. The lowest BCUT2D eigenvalue weighted by Gasteiger charge is -2.14. The lowest BCUT2D eigenvalue weighted by molar-refractivity contribution is -0.142. The van der Waals surface area contributed by atoms with Crippen molar-refractivity contribution in [2.45, 2.75) is 33.0 Å². The van der Waals surface area contributed by atoms with E-state index in [-0.39, 0.29) is 52.3 Å². The van der Waals surface area contributed by atoms with E-state index in [1.807, 2.05) is 6.92 Å². The molecule has 1 unspecified atom stereocenters. The average Bonchev–Trinajstić information content (AvgIpc) is 2.84. The second-order valence-electron chi connectivity index (χ2n) is 7.77. The quantitative estimate of drug-likeness (QED) is 0.325. The zero-order valence-corrected chi connectivity index (χ0v) is 19.2. The van der Waals surface area contributed by atoms with E-state index in [0.29, 0.717) is 17.8 Å². The maximum absolute atomic E-state index is 14.6. The highest BCUT2D eigenvalue weighted by Gasteiger charge is 2.16. The molecule has 0 aliphatic carbocycles. The van der Waals surface area contributed by atoms with E-state index in [1.54, 1.807) is 30.3 Å². The van der Waals surface area contributed by atoms with Gasteiger partial charge in [-0.3, -0.25) is 14.4 Å². The van der Waals surface area contributed by atoms with Gasteiger partial charge in [-0.25, -0.2) is 4.39 Å².